The van der Waals surface area contributed by atoms with E-state index in [-0.39, 0.29) is 12.5 Å². The Balaban J connectivity index is 3.55. The molecule has 0 aromatic rings. The molecular weight excluding hydrogens is 188 g/mol. The first-order valence-electron chi connectivity index (χ1n) is 3.95. The van der Waals surface area contributed by atoms with Crippen LogP contribution >= 0.6 is 0 Å². The molecule has 78 valence electrons. The highest BCUT2D eigenvalue weighted by molar-refractivity contribution is 5.93. The summed E-state index contributed by atoms with van der Waals surface area (Å²) in [5.41, 5.74) is 0. The fourth-order valence-corrected chi connectivity index (χ4v) is 0.630. The third-order valence-electron chi connectivity index (χ3n) is 1.18. The highest BCUT2D eigenvalue weighted by atomic mass is 16.4. The summed E-state index contributed by atoms with van der Waals surface area (Å²) in [6.07, 6.45) is 1.66. The van der Waals surface area contributed by atoms with Crippen LogP contribution in [0.15, 0.2) is 12.2 Å². The molecule has 0 aliphatic heterocycles. The summed E-state index contributed by atoms with van der Waals surface area (Å²) in [5, 5.41) is 13.0. The molecule has 6 heteroatoms. The van der Waals surface area contributed by atoms with Crippen LogP contribution in [0.25, 0.3) is 0 Å². The van der Waals surface area contributed by atoms with Crippen LogP contribution in [0, 0.1) is 0 Å². The highest BCUT2D eigenvalue weighted by Crippen LogP contribution is 1.73. The van der Waals surface area contributed by atoms with E-state index in [4.69, 9.17) is 5.11 Å². The van der Waals surface area contributed by atoms with E-state index in [1.165, 1.54) is 6.92 Å². The summed E-state index contributed by atoms with van der Waals surface area (Å²) >= 11 is 0. The molecule has 0 aromatic heterocycles. The summed E-state index contributed by atoms with van der Waals surface area (Å²) in [4.78, 5) is 31.2. The number of hydrogen-bond acceptors (Lipinski definition) is 3. The average molecular weight is 200 g/mol. The molecule has 6 nitrogen and oxygen atoms in total. The Morgan fingerprint density at radius 3 is 2.21 bits per heavy atom. The number of aliphatic carboxylic acids is 1. The first-order chi connectivity index (χ1) is 6.52. The van der Waals surface area contributed by atoms with Crippen molar-refractivity contribution >= 4 is 17.8 Å². The molecule has 0 atom stereocenters. The van der Waals surface area contributed by atoms with Gasteiger partial charge in [0, 0.05) is 32.2 Å². The number of hydrogen-bond donors (Lipinski definition) is 3. The van der Waals surface area contributed by atoms with Crippen LogP contribution in [0.3, 0.4) is 0 Å². The van der Waals surface area contributed by atoms with Crippen molar-refractivity contribution in [3.05, 3.63) is 12.2 Å². The van der Waals surface area contributed by atoms with Crippen molar-refractivity contribution in [3.63, 3.8) is 0 Å². The van der Waals surface area contributed by atoms with Gasteiger partial charge in [0.15, 0.2) is 0 Å². The van der Waals surface area contributed by atoms with Crippen molar-refractivity contribution in [1.82, 2.24) is 10.6 Å². The summed E-state index contributed by atoms with van der Waals surface area (Å²) in [6, 6.07) is 0. The molecule has 0 saturated heterocycles. The maximum atomic E-state index is 10.8. The van der Waals surface area contributed by atoms with Crippen molar-refractivity contribution in [3.8, 4) is 0 Å². The van der Waals surface area contributed by atoms with Gasteiger partial charge in [-0.15, -0.1) is 0 Å². The Bertz CT molecular complexity index is 260. The lowest BCUT2D eigenvalue weighted by Gasteiger charge is -2.01. The van der Waals surface area contributed by atoms with E-state index in [1.807, 2.05) is 0 Å². The SMILES string of the molecule is CC(=O)NCCNC(=O)/C=C/C(=O)O. The predicted octanol–water partition coefficient (Wildman–Crippen LogP) is -1.12. The molecule has 0 spiro atoms. The number of carbonyl (C=O) groups excluding carboxylic acids is 2. The highest BCUT2D eigenvalue weighted by Gasteiger charge is 1.96. The Morgan fingerprint density at radius 1 is 1.14 bits per heavy atom. The van der Waals surface area contributed by atoms with E-state index < -0.39 is 11.9 Å². The minimum atomic E-state index is -1.18. The molecule has 0 unspecified atom stereocenters. The van der Waals surface area contributed by atoms with E-state index in [0.717, 1.165) is 12.2 Å². The Labute approximate surface area is 81.0 Å². The minimum absolute atomic E-state index is 0.180. The van der Waals surface area contributed by atoms with Gasteiger partial charge in [-0.05, 0) is 0 Å². The smallest absolute Gasteiger partial charge is 0.328 e. The second-order valence-corrected chi connectivity index (χ2v) is 2.45. The van der Waals surface area contributed by atoms with Crippen LogP contribution in [0.2, 0.25) is 0 Å². The molecular formula is C8H12N2O4. The van der Waals surface area contributed by atoms with Crippen LogP contribution < -0.4 is 10.6 Å². The summed E-state index contributed by atoms with van der Waals surface area (Å²) < 4.78 is 0. The second-order valence-electron chi connectivity index (χ2n) is 2.45. The van der Waals surface area contributed by atoms with Gasteiger partial charge in [0.25, 0.3) is 0 Å². The van der Waals surface area contributed by atoms with Gasteiger partial charge in [0.05, 0.1) is 0 Å². The number of carbonyl (C=O) groups is 3. The zero-order valence-corrected chi connectivity index (χ0v) is 7.74. The van der Waals surface area contributed by atoms with Crippen LogP contribution in [0.5, 0.6) is 0 Å². The van der Waals surface area contributed by atoms with Gasteiger partial charge >= 0.3 is 5.97 Å². The normalized spacial score (nSPS) is 9.79. The molecule has 0 saturated carbocycles. The maximum absolute atomic E-state index is 10.8. The zero-order chi connectivity index (χ0) is 11.0. The molecule has 0 bridgehead atoms. The summed E-state index contributed by atoms with van der Waals surface area (Å²) in [7, 11) is 0. The number of rotatable bonds is 5. The largest absolute Gasteiger partial charge is 0.478 e. The van der Waals surface area contributed by atoms with Crippen molar-refractivity contribution in [2.75, 3.05) is 13.1 Å². The first kappa shape index (κ1) is 12.2. The fraction of sp³-hybridized carbons (Fsp3) is 0.375. The van der Waals surface area contributed by atoms with Crippen molar-refractivity contribution < 1.29 is 19.5 Å². The quantitative estimate of drug-likeness (QED) is 0.387. The summed E-state index contributed by atoms with van der Waals surface area (Å²) in [6.45, 7) is 1.95. The molecule has 0 radical (unpaired) electrons. The van der Waals surface area contributed by atoms with E-state index in [9.17, 15) is 14.4 Å². The average Bonchev–Trinajstić information content (AvgIpc) is 2.08. The number of nitrogens with one attached hydrogen (secondary N) is 2. The van der Waals surface area contributed by atoms with Crippen LogP contribution in [-0.2, 0) is 14.4 Å². The molecule has 0 aliphatic rings. The number of carboxylic acid groups (broad SMARTS) is 1. The van der Waals surface area contributed by atoms with Crippen molar-refractivity contribution in [2.45, 2.75) is 6.92 Å². The molecule has 2 amide bonds. The van der Waals surface area contributed by atoms with Gasteiger partial charge < -0.3 is 15.7 Å². The Morgan fingerprint density at radius 2 is 1.71 bits per heavy atom. The van der Waals surface area contributed by atoms with Gasteiger partial charge in [-0.25, -0.2) is 4.79 Å². The molecule has 0 rings (SSSR count). The van der Waals surface area contributed by atoms with Gasteiger partial charge in [-0.3, -0.25) is 9.59 Å². The second kappa shape index (κ2) is 6.64. The summed E-state index contributed by atoms with van der Waals surface area (Å²) in [5.74, 6) is -1.86. The van der Waals surface area contributed by atoms with Crippen LogP contribution in [-0.4, -0.2) is 36.0 Å². The van der Waals surface area contributed by atoms with Crippen LogP contribution in [0.1, 0.15) is 6.92 Å². The third kappa shape index (κ3) is 8.25. The molecule has 0 aromatic carbocycles. The standard InChI is InChI=1S/C8H12N2O4/c1-6(11)9-4-5-10-7(12)2-3-8(13)14/h2-3H,4-5H2,1H3,(H,9,11)(H,10,12)(H,13,14)/b3-2+. The molecule has 14 heavy (non-hydrogen) atoms. The monoisotopic (exact) mass is 200 g/mol. The van der Waals surface area contributed by atoms with Gasteiger partial charge in [-0.1, -0.05) is 0 Å². The van der Waals surface area contributed by atoms with E-state index in [2.05, 4.69) is 10.6 Å². The lowest BCUT2D eigenvalue weighted by atomic mass is 10.4. The van der Waals surface area contributed by atoms with Gasteiger partial charge in [0.1, 0.15) is 0 Å². The Hall–Kier alpha value is -1.85. The van der Waals surface area contributed by atoms with Gasteiger partial charge in [-0.2, -0.15) is 0 Å². The van der Waals surface area contributed by atoms with Gasteiger partial charge in [0.2, 0.25) is 11.8 Å². The lowest BCUT2D eigenvalue weighted by Crippen LogP contribution is -2.32. The van der Waals surface area contributed by atoms with Crippen molar-refractivity contribution in [2.24, 2.45) is 0 Å². The molecule has 0 aliphatic carbocycles. The number of carboxylic acids is 1. The molecule has 0 fully saturated rings. The van der Waals surface area contributed by atoms with E-state index in [1.54, 1.807) is 0 Å². The van der Waals surface area contributed by atoms with Crippen molar-refractivity contribution in [1.29, 1.82) is 0 Å². The van der Waals surface area contributed by atoms with Crippen LogP contribution in [0.4, 0.5) is 0 Å². The number of amides is 2. The zero-order valence-electron chi connectivity index (χ0n) is 7.74. The Kier molecular flexibility index (Phi) is 5.77. The molecule has 3 N–H and O–H groups in total. The lowest BCUT2D eigenvalue weighted by molar-refractivity contribution is -0.131. The minimum Gasteiger partial charge on any atom is -0.478 e. The predicted molar refractivity (Wildman–Crippen MR) is 48.5 cm³/mol. The van der Waals surface area contributed by atoms with E-state index >= 15 is 0 Å². The third-order valence-corrected chi connectivity index (χ3v) is 1.18. The molecule has 0 heterocycles. The maximum Gasteiger partial charge on any atom is 0.328 e. The fourth-order valence-electron chi connectivity index (χ4n) is 0.630. The topological polar surface area (TPSA) is 95.5 Å². The van der Waals surface area contributed by atoms with E-state index in [0.29, 0.717) is 6.54 Å². The first-order valence-corrected chi connectivity index (χ1v) is 3.95.